The lowest BCUT2D eigenvalue weighted by Crippen LogP contribution is -2.20. The van der Waals surface area contributed by atoms with Gasteiger partial charge in [0.2, 0.25) is 0 Å². The van der Waals surface area contributed by atoms with Crippen LogP contribution in [-0.2, 0) is 13.2 Å². The van der Waals surface area contributed by atoms with Gasteiger partial charge in [-0.15, -0.1) is 0 Å². The quantitative estimate of drug-likeness (QED) is 0.420. The second-order valence-electron chi connectivity index (χ2n) is 6.11. The van der Waals surface area contributed by atoms with Gasteiger partial charge >= 0.3 is 0 Å². The third kappa shape index (κ3) is 5.09. The fourth-order valence-corrected chi connectivity index (χ4v) is 2.58. The molecule has 0 spiro atoms. The molecule has 0 bridgehead atoms. The fraction of sp³-hybridized carbons (Fsp3) is 0.136. The Hall–Kier alpha value is -3.31. The molecule has 5 heteroatoms. The highest BCUT2D eigenvalue weighted by atomic mass is 16.5. The SMILES string of the molecule is N=C(N)C(O)c1ccc(OCc2ccccc2)c(OCc2ccccc2)c1. The number of ether oxygens (including phenoxy) is 2. The predicted octanol–water partition coefficient (Wildman–Crippen LogP) is 3.81. The van der Waals surface area contributed by atoms with E-state index in [1.165, 1.54) is 0 Å². The monoisotopic (exact) mass is 362 g/mol. The summed E-state index contributed by atoms with van der Waals surface area (Å²) >= 11 is 0. The summed E-state index contributed by atoms with van der Waals surface area (Å²) in [4.78, 5) is 0. The molecule has 3 rings (SSSR count). The number of aliphatic hydroxyl groups is 1. The van der Waals surface area contributed by atoms with Crippen LogP contribution in [0.4, 0.5) is 0 Å². The highest BCUT2D eigenvalue weighted by Gasteiger charge is 2.15. The first kappa shape index (κ1) is 18.5. The predicted molar refractivity (Wildman–Crippen MR) is 105 cm³/mol. The molecule has 1 atom stereocenters. The summed E-state index contributed by atoms with van der Waals surface area (Å²) in [6.45, 7) is 0.763. The fourth-order valence-electron chi connectivity index (χ4n) is 2.58. The highest BCUT2D eigenvalue weighted by molar-refractivity contribution is 5.83. The van der Waals surface area contributed by atoms with Crippen LogP contribution < -0.4 is 15.2 Å². The molecule has 0 saturated heterocycles. The molecule has 0 radical (unpaired) electrons. The largest absolute Gasteiger partial charge is 0.485 e. The average Bonchev–Trinajstić information content (AvgIpc) is 2.72. The lowest BCUT2D eigenvalue weighted by atomic mass is 10.1. The molecular weight excluding hydrogens is 340 g/mol. The summed E-state index contributed by atoms with van der Waals surface area (Å²) in [5, 5.41) is 17.5. The molecule has 3 aromatic carbocycles. The number of aliphatic hydroxyl groups excluding tert-OH is 1. The number of hydrogen-bond acceptors (Lipinski definition) is 4. The topological polar surface area (TPSA) is 88.6 Å². The van der Waals surface area contributed by atoms with Gasteiger partial charge in [0, 0.05) is 0 Å². The van der Waals surface area contributed by atoms with Crippen molar-refractivity contribution in [3.8, 4) is 11.5 Å². The number of nitrogens with two attached hydrogens (primary N) is 1. The van der Waals surface area contributed by atoms with Crippen molar-refractivity contribution in [2.45, 2.75) is 19.3 Å². The van der Waals surface area contributed by atoms with Crippen molar-refractivity contribution in [1.29, 1.82) is 5.41 Å². The van der Waals surface area contributed by atoms with E-state index in [9.17, 15) is 5.11 Å². The molecule has 0 fully saturated rings. The van der Waals surface area contributed by atoms with Crippen molar-refractivity contribution < 1.29 is 14.6 Å². The van der Waals surface area contributed by atoms with Crippen molar-refractivity contribution in [1.82, 2.24) is 0 Å². The number of nitrogens with one attached hydrogen (secondary N) is 1. The number of hydrogen-bond donors (Lipinski definition) is 3. The summed E-state index contributed by atoms with van der Waals surface area (Å²) in [5.41, 5.74) is 7.96. The number of amidine groups is 1. The van der Waals surface area contributed by atoms with Crippen LogP contribution in [0, 0.1) is 5.41 Å². The van der Waals surface area contributed by atoms with Gasteiger partial charge in [0.15, 0.2) is 11.5 Å². The Kier molecular flexibility index (Phi) is 6.07. The Bertz CT molecular complexity index is 883. The first-order valence-electron chi connectivity index (χ1n) is 8.63. The minimum Gasteiger partial charge on any atom is -0.485 e. The van der Waals surface area contributed by atoms with Crippen molar-refractivity contribution in [3.63, 3.8) is 0 Å². The standard InChI is InChI=1S/C22H22N2O3/c23-22(24)21(25)18-11-12-19(26-14-16-7-3-1-4-8-16)20(13-18)27-15-17-9-5-2-6-10-17/h1-13,21,25H,14-15H2,(H3,23,24). The lowest BCUT2D eigenvalue weighted by Gasteiger charge is -2.16. The molecule has 27 heavy (non-hydrogen) atoms. The molecule has 0 aliphatic rings. The Morgan fingerprint density at radius 2 is 1.33 bits per heavy atom. The van der Waals surface area contributed by atoms with Crippen molar-refractivity contribution >= 4 is 5.84 Å². The minimum atomic E-state index is -1.17. The van der Waals surface area contributed by atoms with E-state index in [1.807, 2.05) is 60.7 Å². The molecule has 4 N–H and O–H groups in total. The summed E-state index contributed by atoms with van der Waals surface area (Å²) in [7, 11) is 0. The van der Waals surface area contributed by atoms with E-state index < -0.39 is 6.10 Å². The summed E-state index contributed by atoms with van der Waals surface area (Å²) in [6, 6.07) is 24.7. The zero-order valence-electron chi connectivity index (χ0n) is 14.8. The van der Waals surface area contributed by atoms with E-state index in [2.05, 4.69) is 0 Å². The molecule has 138 valence electrons. The van der Waals surface area contributed by atoms with Crippen LogP contribution in [0.5, 0.6) is 11.5 Å². The average molecular weight is 362 g/mol. The second-order valence-corrected chi connectivity index (χ2v) is 6.11. The molecule has 0 saturated carbocycles. The first-order valence-corrected chi connectivity index (χ1v) is 8.63. The van der Waals surface area contributed by atoms with Crippen molar-refractivity contribution in [3.05, 3.63) is 95.6 Å². The molecule has 0 aliphatic heterocycles. The third-order valence-electron chi connectivity index (χ3n) is 4.05. The van der Waals surface area contributed by atoms with Crippen LogP contribution in [0.2, 0.25) is 0 Å². The van der Waals surface area contributed by atoms with Crippen molar-refractivity contribution in [2.75, 3.05) is 0 Å². The Labute approximate surface area is 158 Å². The molecular formula is C22H22N2O3. The van der Waals surface area contributed by atoms with Gasteiger partial charge in [-0.1, -0.05) is 66.7 Å². The normalized spacial score (nSPS) is 11.6. The second kappa shape index (κ2) is 8.87. The minimum absolute atomic E-state index is 0.318. The van der Waals surface area contributed by atoms with E-state index in [0.717, 1.165) is 11.1 Å². The maximum absolute atomic E-state index is 10.1. The number of rotatable bonds is 8. The van der Waals surface area contributed by atoms with E-state index >= 15 is 0 Å². The van der Waals surface area contributed by atoms with Gasteiger partial charge in [0.25, 0.3) is 0 Å². The van der Waals surface area contributed by atoms with E-state index in [4.69, 9.17) is 20.6 Å². The van der Waals surface area contributed by atoms with Crippen LogP contribution in [0.1, 0.15) is 22.8 Å². The maximum Gasteiger partial charge on any atom is 0.162 e. The Balaban J connectivity index is 1.80. The molecule has 5 nitrogen and oxygen atoms in total. The highest BCUT2D eigenvalue weighted by Crippen LogP contribution is 2.32. The van der Waals surface area contributed by atoms with Crippen molar-refractivity contribution in [2.24, 2.45) is 5.73 Å². The van der Waals surface area contributed by atoms with Gasteiger partial charge in [0.05, 0.1) is 0 Å². The molecule has 0 heterocycles. The van der Waals surface area contributed by atoms with Gasteiger partial charge < -0.3 is 20.3 Å². The van der Waals surface area contributed by atoms with Crippen LogP contribution in [-0.4, -0.2) is 10.9 Å². The van der Waals surface area contributed by atoms with Crippen LogP contribution in [0.15, 0.2) is 78.9 Å². The van der Waals surface area contributed by atoms with E-state index in [-0.39, 0.29) is 5.84 Å². The zero-order valence-corrected chi connectivity index (χ0v) is 14.8. The van der Waals surface area contributed by atoms with Gasteiger partial charge in [-0.2, -0.15) is 0 Å². The van der Waals surface area contributed by atoms with E-state index in [0.29, 0.717) is 30.3 Å². The molecule has 1 unspecified atom stereocenters. The smallest absolute Gasteiger partial charge is 0.162 e. The summed E-state index contributed by atoms with van der Waals surface area (Å²) in [6.07, 6.45) is -1.17. The van der Waals surface area contributed by atoms with E-state index in [1.54, 1.807) is 18.2 Å². The van der Waals surface area contributed by atoms with Gasteiger partial charge in [-0.05, 0) is 28.8 Å². The lowest BCUT2D eigenvalue weighted by molar-refractivity contribution is 0.238. The maximum atomic E-state index is 10.1. The van der Waals surface area contributed by atoms with Gasteiger partial charge in [-0.3, -0.25) is 5.41 Å². The Morgan fingerprint density at radius 3 is 1.85 bits per heavy atom. The van der Waals surface area contributed by atoms with Gasteiger partial charge in [0.1, 0.15) is 25.2 Å². The van der Waals surface area contributed by atoms with Crippen LogP contribution >= 0.6 is 0 Å². The van der Waals surface area contributed by atoms with Crippen LogP contribution in [0.3, 0.4) is 0 Å². The van der Waals surface area contributed by atoms with Crippen LogP contribution in [0.25, 0.3) is 0 Å². The number of benzene rings is 3. The zero-order chi connectivity index (χ0) is 19.1. The Morgan fingerprint density at radius 1 is 0.815 bits per heavy atom. The molecule has 0 aliphatic carbocycles. The molecule has 0 aromatic heterocycles. The summed E-state index contributed by atoms with van der Waals surface area (Å²) < 4.78 is 11.9. The molecule has 3 aromatic rings. The molecule has 0 amide bonds. The van der Waals surface area contributed by atoms with Gasteiger partial charge in [-0.25, -0.2) is 0 Å². The third-order valence-corrected chi connectivity index (χ3v) is 4.05. The first-order chi connectivity index (χ1) is 13.1. The summed E-state index contributed by atoms with van der Waals surface area (Å²) in [5.74, 6) is 0.740.